The van der Waals surface area contributed by atoms with Crippen LogP contribution in [0.5, 0.6) is 0 Å². The molecule has 8 nitrogen and oxygen atoms in total. The van der Waals surface area contributed by atoms with Crippen molar-refractivity contribution >= 4 is 28.0 Å². The fourth-order valence-corrected chi connectivity index (χ4v) is 2.53. The molecule has 0 spiro atoms. The van der Waals surface area contributed by atoms with Crippen molar-refractivity contribution in [2.75, 3.05) is 40.8 Å². The van der Waals surface area contributed by atoms with E-state index in [1.807, 2.05) is 6.07 Å². The van der Waals surface area contributed by atoms with Gasteiger partial charge in [0.1, 0.15) is 0 Å². The van der Waals surface area contributed by atoms with E-state index in [1.54, 1.807) is 31.2 Å². The predicted octanol–water partition coefficient (Wildman–Crippen LogP) is -3.17. The van der Waals surface area contributed by atoms with E-state index in [4.69, 9.17) is 4.55 Å². The van der Waals surface area contributed by atoms with Crippen molar-refractivity contribution < 1.29 is 69.0 Å². The minimum atomic E-state index is -4.00. The molecule has 1 aliphatic heterocycles. The average Bonchev–Trinajstić information content (AvgIpc) is 3.22. The van der Waals surface area contributed by atoms with Gasteiger partial charge in [-0.2, -0.15) is 8.42 Å². The molecule has 2 rings (SSSR count). The first kappa shape index (κ1) is 40.7. The van der Waals surface area contributed by atoms with Crippen molar-refractivity contribution in [2.24, 2.45) is 0 Å². The molecule has 0 atom stereocenters. The van der Waals surface area contributed by atoms with Gasteiger partial charge in [-0.25, -0.2) is 0 Å². The molecular formula is C24H39ClN3NaO5S. The van der Waals surface area contributed by atoms with Crippen LogP contribution < -0.4 is 52.6 Å². The molecule has 2 amide bonds. The number of hydrogen-bond donors (Lipinski definition) is 3. The first-order chi connectivity index (χ1) is 15.3. The molecule has 1 aliphatic rings. The van der Waals surface area contributed by atoms with Gasteiger partial charge < -0.3 is 34.1 Å². The van der Waals surface area contributed by atoms with Gasteiger partial charge in [0, 0.05) is 31.5 Å². The van der Waals surface area contributed by atoms with Gasteiger partial charge in [-0.3, -0.25) is 20.7 Å². The van der Waals surface area contributed by atoms with Crippen LogP contribution in [0.4, 0.5) is 0 Å². The predicted molar refractivity (Wildman–Crippen MR) is 135 cm³/mol. The maximum atomic E-state index is 11.1. The van der Waals surface area contributed by atoms with Crippen molar-refractivity contribution in [3.63, 3.8) is 0 Å². The zero-order valence-corrected chi connectivity index (χ0v) is 25.2. The Balaban J connectivity index is -0.000000202. The van der Waals surface area contributed by atoms with E-state index in [2.05, 4.69) is 51.5 Å². The summed E-state index contributed by atoms with van der Waals surface area (Å²) in [6.45, 7) is 15.0. The zero-order chi connectivity index (χ0) is 25.9. The summed E-state index contributed by atoms with van der Waals surface area (Å²) in [5.74, 6) is 0.163. The van der Waals surface area contributed by atoms with Crippen LogP contribution in [-0.2, 0) is 19.7 Å². The number of amides is 2. The number of rotatable bonds is 7. The van der Waals surface area contributed by atoms with Crippen molar-refractivity contribution in [1.82, 2.24) is 10.6 Å². The molecule has 11 heteroatoms. The molecule has 35 heavy (non-hydrogen) atoms. The van der Waals surface area contributed by atoms with Gasteiger partial charge in [0.15, 0.2) is 0 Å². The van der Waals surface area contributed by atoms with Gasteiger partial charge in [0.2, 0.25) is 11.8 Å². The van der Waals surface area contributed by atoms with E-state index >= 15 is 0 Å². The van der Waals surface area contributed by atoms with Gasteiger partial charge in [-0.1, -0.05) is 36.9 Å². The third kappa shape index (κ3) is 30.5. The van der Waals surface area contributed by atoms with E-state index < -0.39 is 10.1 Å². The van der Waals surface area contributed by atoms with Crippen LogP contribution in [0.15, 0.2) is 54.5 Å². The molecule has 1 aromatic carbocycles. The van der Waals surface area contributed by atoms with Crippen LogP contribution in [0.25, 0.3) is 6.08 Å². The largest absolute Gasteiger partial charge is 1.00 e. The first-order valence-electron chi connectivity index (χ1n) is 10.4. The normalized spacial score (nSPS) is 12.0. The van der Waals surface area contributed by atoms with Crippen LogP contribution in [0.2, 0.25) is 0 Å². The number of hydrogen-bond acceptors (Lipinski definition) is 4. The molecule has 194 valence electrons. The van der Waals surface area contributed by atoms with Crippen LogP contribution in [0.3, 0.4) is 0 Å². The molecule has 0 unspecified atom stereocenters. The Morgan fingerprint density at radius 3 is 2.11 bits per heavy atom. The topological polar surface area (TPSA) is 113 Å². The van der Waals surface area contributed by atoms with Crippen molar-refractivity contribution in [1.29, 1.82) is 0 Å². The van der Waals surface area contributed by atoms with Crippen LogP contribution in [-0.4, -0.2) is 70.0 Å². The SMILES string of the molecule is C=C(C)C(=O)NCCC[N+](C)(C)C.O=C1CCCN1.O=S(=O)(O)C=Cc1ccccc1.[CH-]=C.[Cl-].[Na+]. The van der Waals surface area contributed by atoms with E-state index in [0.717, 1.165) is 54.4 Å². The summed E-state index contributed by atoms with van der Waals surface area (Å²) in [4.78, 5) is 21.2. The number of halogens is 1. The number of carbonyl (C=O) groups excluding carboxylic acids is 2. The number of carbonyl (C=O) groups is 2. The molecule has 1 fully saturated rings. The van der Waals surface area contributed by atoms with Crippen molar-refractivity contribution in [2.45, 2.75) is 26.2 Å². The summed E-state index contributed by atoms with van der Waals surface area (Å²) in [6.07, 6.45) is 4.09. The van der Waals surface area contributed by atoms with E-state index in [-0.39, 0.29) is 53.8 Å². The van der Waals surface area contributed by atoms with Crippen molar-refractivity contribution in [3.8, 4) is 0 Å². The Bertz CT molecular complexity index is 850. The third-order valence-electron chi connectivity index (χ3n) is 3.81. The standard InChI is InChI=1S/C10H20N2O.C8H8O3S.C4H7NO.C2H3.ClH.Na/c1-9(2)10(13)11-7-6-8-12(3,4)5;9-12(10,11)7-6-8-4-2-1-3-5-8;6-4-2-1-3-5-4;1-2;;/h1,6-8H2,2-5H3;1-7H,(H,9,10,11);1-3H2,(H,5,6);1H,2H2;1H;/q;;;-1;;+1. The number of nitrogens with one attached hydrogen (secondary N) is 2. The van der Waals surface area contributed by atoms with Gasteiger partial charge in [0.05, 0.1) is 33.1 Å². The molecular weight excluding hydrogens is 501 g/mol. The van der Waals surface area contributed by atoms with Gasteiger partial charge >= 0.3 is 29.6 Å². The Morgan fingerprint density at radius 2 is 1.77 bits per heavy atom. The second-order valence-corrected chi connectivity index (χ2v) is 9.39. The van der Waals surface area contributed by atoms with E-state index in [9.17, 15) is 18.0 Å². The molecule has 1 aromatic rings. The monoisotopic (exact) mass is 539 g/mol. The Labute approximate surface area is 240 Å². The summed E-state index contributed by atoms with van der Waals surface area (Å²) in [5.41, 5.74) is 1.31. The second kappa shape index (κ2) is 23.0. The number of quaternary nitrogens is 1. The molecule has 0 aliphatic carbocycles. The molecule has 0 bridgehead atoms. The third-order valence-corrected chi connectivity index (χ3v) is 4.29. The summed E-state index contributed by atoms with van der Waals surface area (Å²) in [5, 5.41) is 6.24. The molecule has 1 saturated heterocycles. The van der Waals surface area contributed by atoms with E-state index in [1.165, 1.54) is 6.08 Å². The fraction of sp³-hybridized carbons (Fsp3) is 0.417. The first-order valence-corrected chi connectivity index (χ1v) is 11.9. The summed E-state index contributed by atoms with van der Waals surface area (Å²) in [6, 6.07) is 8.86. The van der Waals surface area contributed by atoms with Gasteiger partial charge in [-0.15, -0.1) is 0 Å². The van der Waals surface area contributed by atoms with Gasteiger partial charge in [0.25, 0.3) is 10.1 Å². The molecule has 3 N–H and O–H groups in total. The molecule has 1 heterocycles. The Kier molecular flexibility index (Phi) is 26.7. The van der Waals surface area contributed by atoms with Crippen LogP contribution in [0, 0.1) is 6.58 Å². The molecule has 0 saturated carbocycles. The summed E-state index contributed by atoms with van der Waals surface area (Å²) >= 11 is 0. The molecule has 0 radical (unpaired) electrons. The maximum Gasteiger partial charge on any atom is 1.00 e. The smallest absolute Gasteiger partial charge is 1.00 e. The number of nitrogens with zero attached hydrogens (tertiary/aromatic N) is 1. The minimum Gasteiger partial charge on any atom is -1.00 e. The summed E-state index contributed by atoms with van der Waals surface area (Å²) in [7, 11) is 2.42. The average molecular weight is 540 g/mol. The Hall–Kier alpha value is -1.46. The zero-order valence-electron chi connectivity index (χ0n) is 21.6. The number of benzene rings is 1. The van der Waals surface area contributed by atoms with Crippen molar-refractivity contribution in [3.05, 3.63) is 66.6 Å². The van der Waals surface area contributed by atoms with Crippen LogP contribution >= 0.6 is 0 Å². The van der Waals surface area contributed by atoms with Crippen LogP contribution in [0.1, 0.15) is 31.7 Å². The second-order valence-electron chi connectivity index (χ2n) is 8.09. The maximum absolute atomic E-state index is 11.1. The molecule has 0 aromatic heterocycles. The fourth-order valence-electron chi connectivity index (χ4n) is 2.20. The van der Waals surface area contributed by atoms with Gasteiger partial charge in [-0.05, 0) is 25.0 Å². The quantitative estimate of drug-likeness (QED) is 0.0845. The summed E-state index contributed by atoms with van der Waals surface area (Å²) < 4.78 is 29.8. The van der Waals surface area contributed by atoms with E-state index in [0.29, 0.717) is 5.57 Å². The Morgan fingerprint density at radius 1 is 1.23 bits per heavy atom. The minimum absolute atomic E-state index is 0.